The number of aromatic nitrogens is 3. The number of hydrogen-bond acceptors (Lipinski definition) is 6. The highest BCUT2D eigenvalue weighted by molar-refractivity contribution is 5.93. The number of likely N-dealkylation sites (N-methyl/N-ethyl adjacent to an activating group) is 1. The zero-order valence-corrected chi connectivity index (χ0v) is 24.7. The normalized spacial score (nSPS) is 16.8. The summed E-state index contributed by atoms with van der Waals surface area (Å²) in [5.41, 5.74) is 0.398. The minimum absolute atomic E-state index is 0.101. The number of halogens is 2. The van der Waals surface area contributed by atoms with Crippen LogP contribution >= 0.6 is 0 Å². The number of amides is 3. The molecule has 1 aliphatic rings. The van der Waals surface area contributed by atoms with E-state index in [0.29, 0.717) is 19.4 Å². The van der Waals surface area contributed by atoms with Crippen molar-refractivity contribution < 1.29 is 23.2 Å². The van der Waals surface area contributed by atoms with Gasteiger partial charge in [0.2, 0.25) is 17.6 Å². The van der Waals surface area contributed by atoms with Crippen LogP contribution in [0.4, 0.5) is 8.78 Å². The third-order valence-corrected chi connectivity index (χ3v) is 7.69. The third kappa shape index (κ3) is 7.28. The van der Waals surface area contributed by atoms with Gasteiger partial charge in [-0.15, -0.1) is 0 Å². The Morgan fingerprint density at radius 3 is 2.50 bits per heavy atom. The second-order valence-electron chi connectivity index (χ2n) is 11.9. The van der Waals surface area contributed by atoms with Crippen molar-refractivity contribution in [3.8, 4) is 0 Å². The first-order valence-electron chi connectivity index (χ1n) is 14.2. The summed E-state index contributed by atoms with van der Waals surface area (Å²) in [6.07, 6.45) is 5.56. The van der Waals surface area contributed by atoms with E-state index in [0.717, 1.165) is 18.2 Å². The molecular formula is C30H39F2N7O3. The van der Waals surface area contributed by atoms with Gasteiger partial charge in [-0.2, -0.15) is 0 Å². The molecule has 1 fully saturated rings. The van der Waals surface area contributed by atoms with Gasteiger partial charge < -0.3 is 20.4 Å². The molecule has 0 aliphatic carbocycles. The number of imidazole rings is 1. The van der Waals surface area contributed by atoms with E-state index >= 15 is 0 Å². The monoisotopic (exact) mass is 583 g/mol. The van der Waals surface area contributed by atoms with Crippen LogP contribution in [-0.2, 0) is 16.0 Å². The van der Waals surface area contributed by atoms with E-state index in [1.165, 1.54) is 28.9 Å². The molecule has 2 N–H and O–H groups in total. The fraction of sp³-hybridized carbons (Fsp3) is 0.500. The molecule has 3 atom stereocenters. The topological polar surface area (TPSA) is 112 Å². The van der Waals surface area contributed by atoms with Crippen molar-refractivity contribution in [3.63, 3.8) is 0 Å². The lowest BCUT2D eigenvalue weighted by Gasteiger charge is -2.37. The number of fused-ring (bicyclic) bond motifs is 1. The number of carbonyl (C=O) groups is 3. The maximum atomic E-state index is 13.9. The van der Waals surface area contributed by atoms with E-state index in [1.54, 1.807) is 35.9 Å². The van der Waals surface area contributed by atoms with E-state index in [1.807, 2.05) is 20.8 Å². The molecule has 0 spiro atoms. The number of nitrogens with zero attached hydrogens (tertiary/aromatic N) is 5. The van der Waals surface area contributed by atoms with Gasteiger partial charge in [-0.25, -0.2) is 18.7 Å². The Morgan fingerprint density at radius 1 is 1.12 bits per heavy atom. The van der Waals surface area contributed by atoms with Crippen molar-refractivity contribution in [2.75, 3.05) is 26.7 Å². The third-order valence-electron chi connectivity index (χ3n) is 7.69. The first-order chi connectivity index (χ1) is 19.9. The molecule has 0 radical (unpaired) electrons. The summed E-state index contributed by atoms with van der Waals surface area (Å²) in [7, 11) is 1.68. The summed E-state index contributed by atoms with van der Waals surface area (Å²) < 4.78 is 28.6. The molecule has 226 valence electrons. The number of rotatable bonds is 10. The summed E-state index contributed by atoms with van der Waals surface area (Å²) in [6.45, 7) is 8.48. The summed E-state index contributed by atoms with van der Waals surface area (Å²) >= 11 is 0. The highest BCUT2D eigenvalue weighted by Gasteiger charge is 2.41. The predicted molar refractivity (Wildman–Crippen MR) is 154 cm³/mol. The molecule has 1 aromatic carbocycles. The van der Waals surface area contributed by atoms with E-state index in [4.69, 9.17) is 0 Å². The average molecular weight is 584 g/mol. The van der Waals surface area contributed by atoms with Crippen LogP contribution in [0.25, 0.3) is 5.78 Å². The van der Waals surface area contributed by atoms with Gasteiger partial charge in [-0.05, 0) is 56.3 Å². The molecule has 12 heteroatoms. The molecule has 2 aromatic heterocycles. The van der Waals surface area contributed by atoms with Crippen LogP contribution in [0.1, 0.15) is 56.6 Å². The van der Waals surface area contributed by atoms with Crippen molar-refractivity contribution in [1.29, 1.82) is 0 Å². The van der Waals surface area contributed by atoms with Crippen LogP contribution in [-0.4, -0.2) is 86.7 Å². The van der Waals surface area contributed by atoms with E-state index in [9.17, 15) is 23.2 Å². The fourth-order valence-corrected chi connectivity index (χ4v) is 5.10. The van der Waals surface area contributed by atoms with Gasteiger partial charge in [0.15, 0.2) is 5.82 Å². The van der Waals surface area contributed by atoms with Gasteiger partial charge in [-0.3, -0.25) is 18.8 Å². The molecule has 3 heterocycles. The summed E-state index contributed by atoms with van der Waals surface area (Å²) in [5.74, 6) is -1.56. The van der Waals surface area contributed by atoms with Gasteiger partial charge in [-0.1, -0.05) is 32.9 Å². The van der Waals surface area contributed by atoms with Crippen molar-refractivity contribution >= 4 is 23.5 Å². The quantitative estimate of drug-likeness (QED) is 0.380. The molecule has 0 saturated carbocycles. The molecule has 42 heavy (non-hydrogen) atoms. The first kappa shape index (κ1) is 31.0. The largest absolute Gasteiger partial charge is 0.342 e. The summed E-state index contributed by atoms with van der Waals surface area (Å²) in [6, 6.07) is 4.57. The molecule has 4 rings (SSSR count). The predicted octanol–water partition coefficient (Wildman–Crippen LogP) is 2.82. The summed E-state index contributed by atoms with van der Waals surface area (Å²) in [5, 5.41) is 5.82. The fourth-order valence-electron chi connectivity index (χ4n) is 5.10. The Balaban J connectivity index is 1.58. The minimum Gasteiger partial charge on any atom is -0.342 e. The molecular weight excluding hydrogens is 544 g/mol. The maximum absolute atomic E-state index is 13.9. The van der Waals surface area contributed by atoms with Gasteiger partial charge in [0.1, 0.15) is 17.6 Å². The van der Waals surface area contributed by atoms with Crippen molar-refractivity contribution in [3.05, 3.63) is 65.7 Å². The molecule has 1 aliphatic heterocycles. The minimum atomic E-state index is -0.760. The number of nitrogens with one attached hydrogen (secondary N) is 2. The van der Waals surface area contributed by atoms with Crippen LogP contribution in [0.15, 0.2) is 42.9 Å². The molecule has 3 unspecified atom stereocenters. The van der Waals surface area contributed by atoms with E-state index in [2.05, 4.69) is 20.6 Å². The highest BCUT2D eigenvalue weighted by Crippen LogP contribution is 2.27. The second kappa shape index (κ2) is 12.9. The number of likely N-dealkylation sites (tertiary alicyclic amines) is 1. The molecule has 0 bridgehead atoms. The average Bonchev–Trinajstić information content (AvgIpc) is 3.59. The van der Waals surface area contributed by atoms with Crippen LogP contribution in [0.5, 0.6) is 0 Å². The van der Waals surface area contributed by atoms with Crippen molar-refractivity contribution in [2.45, 2.75) is 65.1 Å². The lowest BCUT2D eigenvalue weighted by atomic mass is 9.85. The molecule has 10 nitrogen and oxygen atoms in total. The first-order valence-corrected chi connectivity index (χ1v) is 14.2. The standard InChI is InChI=1S/C30H39F2N7O3/c1-19(33-5)26(40)36-25(30(2,3)4)28(42)39-13-6-7-23(39)17-37(14-12-20-8-10-21(31)11-9-20)27(41)24-18-38-16-22(32)15-34-29(38)35-24/h8-11,15-16,18-19,23,25,33H,6-7,12-14,17H2,1-5H3,(H,36,40). The van der Waals surface area contributed by atoms with Crippen LogP contribution < -0.4 is 10.6 Å². The molecule has 3 aromatic rings. The van der Waals surface area contributed by atoms with Gasteiger partial charge in [0.05, 0.1) is 12.2 Å². The summed E-state index contributed by atoms with van der Waals surface area (Å²) in [4.78, 5) is 52.1. The van der Waals surface area contributed by atoms with Gasteiger partial charge in [0.25, 0.3) is 5.91 Å². The number of benzene rings is 1. The lowest BCUT2D eigenvalue weighted by Crippen LogP contribution is -2.59. The molecule has 1 saturated heterocycles. The Morgan fingerprint density at radius 2 is 1.83 bits per heavy atom. The number of hydrogen-bond donors (Lipinski definition) is 2. The van der Waals surface area contributed by atoms with E-state index < -0.39 is 23.3 Å². The SMILES string of the molecule is CNC(C)C(=O)NC(C(=O)N1CCCC1CN(CCc1ccc(F)cc1)C(=O)c1cn2cc(F)cnc2n1)C(C)(C)C. The Hall–Kier alpha value is -3.93. The van der Waals surface area contributed by atoms with Crippen LogP contribution in [0.2, 0.25) is 0 Å². The van der Waals surface area contributed by atoms with E-state index in [-0.39, 0.29) is 54.1 Å². The Bertz CT molecular complexity index is 1420. The number of carbonyl (C=O) groups excluding carboxylic acids is 3. The van der Waals surface area contributed by atoms with Crippen molar-refractivity contribution in [1.82, 2.24) is 34.8 Å². The maximum Gasteiger partial charge on any atom is 0.274 e. The molecule has 3 amide bonds. The Labute approximate surface area is 244 Å². The Kier molecular flexibility index (Phi) is 9.55. The second-order valence-corrected chi connectivity index (χ2v) is 11.9. The van der Waals surface area contributed by atoms with Crippen LogP contribution in [0, 0.1) is 17.0 Å². The lowest BCUT2D eigenvalue weighted by molar-refractivity contribution is -0.140. The zero-order valence-electron chi connectivity index (χ0n) is 24.7. The highest BCUT2D eigenvalue weighted by atomic mass is 19.1. The van der Waals surface area contributed by atoms with Crippen LogP contribution in [0.3, 0.4) is 0 Å². The van der Waals surface area contributed by atoms with Gasteiger partial charge >= 0.3 is 0 Å². The zero-order chi connectivity index (χ0) is 30.6. The smallest absolute Gasteiger partial charge is 0.274 e. The van der Waals surface area contributed by atoms with Gasteiger partial charge in [0, 0.05) is 38.1 Å². The van der Waals surface area contributed by atoms with Crippen molar-refractivity contribution in [2.24, 2.45) is 5.41 Å².